The van der Waals surface area contributed by atoms with Crippen molar-refractivity contribution in [1.82, 2.24) is 15.1 Å². The third kappa shape index (κ3) is 2.07. The first-order chi connectivity index (χ1) is 6.77. The number of piperazine rings is 1. The monoisotopic (exact) mass is 197 g/mol. The molecule has 0 aromatic heterocycles. The fraction of sp³-hybridized carbons (Fsp3) is 0.900. The molecule has 1 N–H and O–H groups in total. The summed E-state index contributed by atoms with van der Waals surface area (Å²) in [5.41, 5.74) is 0. The molecule has 0 radical (unpaired) electrons. The van der Waals surface area contributed by atoms with Crippen LogP contribution in [-0.2, 0) is 4.79 Å². The van der Waals surface area contributed by atoms with Crippen molar-refractivity contribution in [3.8, 4) is 0 Å². The van der Waals surface area contributed by atoms with Crippen molar-refractivity contribution >= 4 is 5.91 Å². The van der Waals surface area contributed by atoms with Gasteiger partial charge in [0.15, 0.2) is 0 Å². The van der Waals surface area contributed by atoms with Crippen molar-refractivity contribution in [3.63, 3.8) is 0 Å². The number of rotatable bonds is 1. The zero-order valence-electron chi connectivity index (χ0n) is 8.83. The molecule has 0 aromatic rings. The average molecular weight is 197 g/mol. The van der Waals surface area contributed by atoms with E-state index in [1.165, 1.54) is 6.42 Å². The Bertz CT molecular complexity index is 205. The predicted molar refractivity (Wildman–Crippen MR) is 55.1 cm³/mol. The van der Waals surface area contributed by atoms with Crippen molar-refractivity contribution in [2.24, 2.45) is 0 Å². The molecule has 2 fully saturated rings. The first-order valence-electron chi connectivity index (χ1n) is 5.47. The summed E-state index contributed by atoms with van der Waals surface area (Å²) >= 11 is 0. The summed E-state index contributed by atoms with van der Waals surface area (Å²) in [7, 11) is 0. The molecule has 0 saturated carbocycles. The molecule has 4 heteroatoms. The van der Waals surface area contributed by atoms with Gasteiger partial charge in [-0.25, -0.2) is 0 Å². The van der Waals surface area contributed by atoms with E-state index in [2.05, 4.69) is 10.2 Å². The van der Waals surface area contributed by atoms with Crippen molar-refractivity contribution in [2.45, 2.75) is 19.4 Å². The van der Waals surface area contributed by atoms with E-state index in [0.717, 1.165) is 39.3 Å². The maximum Gasteiger partial charge on any atom is 0.219 e. The van der Waals surface area contributed by atoms with Gasteiger partial charge in [-0.05, 0) is 13.0 Å². The molecular formula is C10H19N3O. The molecule has 4 nitrogen and oxygen atoms in total. The lowest BCUT2D eigenvalue weighted by Crippen LogP contribution is -2.51. The topological polar surface area (TPSA) is 35.6 Å². The Balaban J connectivity index is 1.80. The molecule has 0 unspecified atom stereocenters. The van der Waals surface area contributed by atoms with Crippen LogP contribution in [0.2, 0.25) is 0 Å². The van der Waals surface area contributed by atoms with Crippen molar-refractivity contribution in [2.75, 3.05) is 39.3 Å². The minimum atomic E-state index is 0.217. The van der Waals surface area contributed by atoms with E-state index in [1.807, 2.05) is 4.90 Å². The van der Waals surface area contributed by atoms with Gasteiger partial charge in [0.1, 0.15) is 0 Å². The van der Waals surface area contributed by atoms with Gasteiger partial charge in [0, 0.05) is 45.7 Å². The minimum Gasteiger partial charge on any atom is -0.340 e. The third-order valence-electron chi connectivity index (χ3n) is 3.31. The van der Waals surface area contributed by atoms with Crippen LogP contribution in [0.25, 0.3) is 0 Å². The van der Waals surface area contributed by atoms with Crippen LogP contribution in [0.3, 0.4) is 0 Å². The van der Waals surface area contributed by atoms with Gasteiger partial charge in [-0.3, -0.25) is 9.69 Å². The highest BCUT2D eigenvalue weighted by Crippen LogP contribution is 2.11. The number of carbonyl (C=O) groups excluding carboxylic acids is 1. The fourth-order valence-corrected chi connectivity index (χ4v) is 2.35. The molecule has 0 bridgehead atoms. The van der Waals surface area contributed by atoms with Gasteiger partial charge < -0.3 is 10.2 Å². The third-order valence-corrected chi connectivity index (χ3v) is 3.31. The van der Waals surface area contributed by atoms with E-state index in [1.54, 1.807) is 6.92 Å². The van der Waals surface area contributed by atoms with Gasteiger partial charge in [-0.15, -0.1) is 0 Å². The summed E-state index contributed by atoms with van der Waals surface area (Å²) in [4.78, 5) is 15.6. The summed E-state index contributed by atoms with van der Waals surface area (Å²) in [6.45, 7) is 7.85. The van der Waals surface area contributed by atoms with E-state index < -0.39 is 0 Å². The minimum absolute atomic E-state index is 0.217. The molecule has 2 aliphatic rings. The molecule has 2 saturated heterocycles. The standard InChI is InChI=1S/C10H19N3O/c1-9(14)12-4-6-13(7-5-12)10-2-3-11-8-10/h10-11H,2-8H2,1H3/t10-/m0/s1. The number of amides is 1. The zero-order valence-corrected chi connectivity index (χ0v) is 8.83. The molecule has 14 heavy (non-hydrogen) atoms. The van der Waals surface area contributed by atoms with E-state index in [0.29, 0.717) is 6.04 Å². The highest BCUT2D eigenvalue weighted by Gasteiger charge is 2.26. The van der Waals surface area contributed by atoms with Gasteiger partial charge in [-0.2, -0.15) is 0 Å². The summed E-state index contributed by atoms with van der Waals surface area (Å²) in [5.74, 6) is 0.217. The van der Waals surface area contributed by atoms with Gasteiger partial charge in [0.2, 0.25) is 5.91 Å². The smallest absolute Gasteiger partial charge is 0.219 e. The van der Waals surface area contributed by atoms with Crippen molar-refractivity contribution in [3.05, 3.63) is 0 Å². The lowest BCUT2D eigenvalue weighted by Gasteiger charge is -2.37. The van der Waals surface area contributed by atoms with Gasteiger partial charge in [0.05, 0.1) is 0 Å². The molecule has 0 aromatic carbocycles. The summed E-state index contributed by atoms with van der Waals surface area (Å²) < 4.78 is 0. The van der Waals surface area contributed by atoms with E-state index in [-0.39, 0.29) is 5.91 Å². The second-order valence-corrected chi connectivity index (χ2v) is 4.19. The van der Waals surface area contributed by atoms with Crippen molar-refractivity contribution < 1.29 is 4.79 Å². The van der Waals surface area contributed by atoms with E-state index in [9.17, 15) is 4.79 Å². The number of nitrogens with zero attached hydrogens (tertiary/aromatic N) is 2. The van der Waals surface area contributed by atoms with Crippen LogP contribution >= 0.6 is 0 Å². The maximum absolute atomic E-state index is 11.1. The highest BCUT2D eigenvalue weighted by atomic mass is 16.2. The van der Waals surface area contributed by atoms with Crippen LogP contribution in [0.5, 0.6) is 0 Å². The second kappa shape index (κ2) is 4.28. The second-order valence-electron chi connectivity index (χ2n) is 4.19. The largest absolute Gasteiger partial charge is 0.340 e. The number of nitrogens with one attached hydrogen (secondary N) is 1. The maximum atomic E-state index is 11.1. The van der Waals surface area contributed by atoms with E-state index in [4.69, 9.17) is 0 Å². The molecule has 2 rings (SSSR count). The molecule has 2 aliphatic heterocycles. The van der Waals surface area contributed by atoms with Crippen molar-refractivity contribution in [1.29, 1.82) is 0 Å². The van der Waals surface area contributed by atoms with Crippen LogP contribution in [0.1, 0.15) is 13.3 Å². The normalized spacial score (nSPS) is 29.5. The quantitative estimate of drug-likeness (QED) is 0.616. The van der Waals surface area contributed by atoms with Gasteiger partial charge in [0.25, 0.3) is 0 Å². The summed E-state index contributed by atoms with van der Waals surface area (Å²) in [6.07, 6.45) is 1.26. The van der Waals surface area contributed by atoms with E-state index >= 15 is 0 Å². The average Bonchev–Trinajstić information content (AvgIpc) is 2.71. The first kappa shape index (κ1) is 9.93. The summed E-state index contributed by atoms with van der Waals surface area (Å²) in [5, 5.41) is 3.38. The Kier molecular flexibility index (Phi) is 3.03. The lowest BCUT2D eigenvalue weighted by molar-refractivity contribution is -0.130. The molecule has 0 aliphatic carbocycles. The number of hydrogen-bond acceptors (Lipinski definition) is 3. The number of carbonyl (C=O) groups is 1. The Morgan fingerprint density at radius 1 is 1.29 bits per heavy atom. The Morgan fingerprint density at radius 3 is 2.50 bits per heavy atom. The van der Waals surface area contributed by atoms with Crippen LogP contribution in [0.4, 0.5) is 0 Å². The fourth-order valence-electron chi connectivity index (χ4n) is 2.35. The van der Waals surface area contributed by atoms with Crippen LogP contribution in [0, 0.1) is 0 Å². The molecule has 1 atom stereocenters. The summed E-state index contributed by atoms with van der Waals surface area (Å²) in [6, 6.07) is 0.712. The molecular weight excluding hydrogens is 178 g/mol. The molecule has 2 heterocycles. The van der Waals surface area contributed by atoms with Crippen LogP contribution in [-0.4, -0.2) is 61.0 Å². The lowest BCUT2D eigenvalue weighted by atomic mass is 10.2. The van der Waals surface area contributed by atoms with Crippen LogP contribution < -0.4 is 5.32 Å². The Hall–Kier alpha value is -0.610. The Morgan fingerprint density at radius 2 is 2.00 bits per heavy atom. The molecule has 80 valence electrons. The number of hydrogen-bond donors (Lipinski definition) is 1. The molecule has 1 amide bonds. The van der Waals surface area contributed by atoms with Crippen LogP contribution in [0.15, 0.2) is 0 Å². The Labute approximate surface area is 85.2 Å². The first-order valence-corrected chi connectivity index (χ1v) is 5.47. The predicted octanol–water partition coefficient (Wildman–Crippen LogP) is -0.488. The zero-order chi connectivity index (χ0) is 9.97. The molecule has 0 spiro atoms. The van der Waals surface area contributed by atoms with Gasteiger partial charge in [-0.1, -0.05) is 0 Å². The van der Waals surface area contributed by atoms with Gasteiger partial charge >= 0.3 is 0 Å². The SMILES string of the molecule is CC(=O)N1CCN([C@H]2CCNC2)CC1. The highest BCUT2D eigenvalue weighted by molar-refractivity contribution is 5.73.